The van der Waals surface area contributed by atoms with Crippen LogP contribution < -0.4 is 10.1 Å². The molecular weight excluding hydrogens is 282 g/mol. The minimum atomic E-state index is 0.618. The van der Waals surface area contributed by atoms with Gasteiger partial charge in [0.25, 0.3) is 0 Å². The van der Waals surface area contributed by atoms with Crippen LogP contribution in [0.2, 0.25) is 0 Å². The molecule has 116 valence electrons. The maximum Gasteiger partial charge on any atom is 0.157 e. The second kappa shape index (κ2) is 8.20. The Balaban J connectivity index is 1.76. The molecule has 2 rings (SSSR count). The van der Waals surface area contributed by atoms with Gasteiger partial charge in [-0.15, -0.1) is 11.3 Å². The van der Waals surface area contributed by atoms with Crippen molar-refractivity contribution >= 4 is 11.3 Å². The van der Waals surface area contributed by atoms with Crippen molar-refractivity contribution < 1.29 is 4.74 Å². The highest BCUT2D eigenvalue weighted by Gasteiger charge is 2.03. The maximum atomic E-state index is 5.78. The highest BCUT2D eigenvalue weighted by Crippen LogP contribution is 2.19. The fraction of sp³-hybridized carbons (Fsp3) is 0.562. The summed E-state index contributed by atoms with van der Waals surface area (Å²) in [5.41, 5.74) is 0. The van der Waals surface area contributed by atoms with Crippen molar-refractivity contribution in [2.75, 3.05) is 6.54 Å². The standard InChI is InChI=1S/C16H25N3OS/c1-4-7-19-11-14(9-18-19)20-12-16-6-5-15(21-16)10-17-8-13(2)3/h5-6,9,11,13,17H,4,7-8,10,12H2,1-3H3. The van der Waals surface area contributed by atoms with Crippen LogP contribution in [0.5, 0.6) is 5.75 Å². The van der Waals surface area contributed by atoms with Gasteiger partial charge in [-0.05, 0) is 31.0 Å². The second-order valence-electron chi connectivity index (χ2n) is 5.62. The Morgan fingerprint density at radius 1 is 1.33 bits per heavy atom. The van der Waals surface area contributed by atoms with Gasteiger partial charge in [0, 0.05) is 22.8 Å². The lowest BCUT2D eigenvalue weighted by atomic mass is 10.2. The largest absolute Gasteiger partial charge is 0.485 e. The van der Waals surface area contributed by atoms with Crippen LogP contribution in [0.3, 0.4) is 0 Å². The summed E-state index contributed by atoms with van der Waals surface area (Å²) in [5, 5.41) is 7.73. The van der Waals surface area contributed by atoms with E-state index in [0.29, 0.717) is 12.5 Å². The molecule has 0 bridgehead atoms. The summed E-state index contributed by atoms with van der Waals surface area (Å²) in [7, 11) is 0. The van der Waals surface area contributed by atoms with Crippen LogP contribution in [0.4, 0.5) is 0 Å². The van der Waals surface area contributed by atoms with Crippen LogP contribution in [-0.2, 0) is 19.7 Å². The first-order chi connectivity index (χ1) is 10.2. The monoisotopic (exact) mass is 307 g/mol. The van der Waals surface area contributed by atoms with Gasteiger partial charge in [-0.2, -0.15) is 5.10 Å². The molecule has 0 aromatic carbocycles. The molecule has 4 nitrogen and oxygen atoms in total. The highest BCUT2D eigenvalue weighted by molar-refractivity contribution is 7.11. The molecule has 2 aromatic heterocycles. The summed E-state index contributed by atoms with van der Waals surface area (Å²) < 4.78 is 7.70. The van der Waals surface area contributed by atoms with Gasteiger partial charge in [-0.25, -0.2) is 0 Å². The number of rotatable bonds is 9. The van der Waals surface area contributed by atoms with Gasteiger partial charge in [0.15, 0.2) is 5.75 Å². The van der Waals surface area contributed by atoms with Crippen molar-refractivity contribution in [3.63, 3.8) is 0 Å². The number of hydrogen-bond acceptors (Lipinski definition) is 4. The first kappa shape index (κ1) is 16.0. The normalized spacial score (nSPS) is 11.2. The lowest BCUT2D eigenvalue weighted by Gasteiger charge is -2.05. The Labute approximate surface area is 131 Å². The van der Waals surface area contributed by atoms with E-state index in [1.54, 1.807) is 17.5 Å². The van der Waals surface area contributed by atoms with Crippen molar-refractivity contribution in [1.29, 1.82) is 0 Å². The molecule has 0 aliphatic rings. The lowest BCUT2D eigenvalue weighted by molar-refractivity contribution is 0.309. The van der Waals surface area contributed by atoms with E-state index in [0.717, 1.165) is 31.8 Å². The predicted octanol–water partition coefficient (Wildman–Crippen LogP) is 3.68. The molecule has 0 fully saturated rings. The zero-order valence-electron chi connectivity index (χ0n) is 13.1. The van der Waals surface area contributed by atoms with E-state index in [-0.39, 0.29) is 0 Å². The number of hydrogen-bond donors (Lipinski definition) is 1. The predicted molar refractivity (Wildman–Crippen MR) is 87.7 cm³/mol. The van der Waals surface area contributed by atoms with Crippen LogP contribution in [0.25, 0.3) is 0 Å². The minimum absolute atomic E-state index is 0.618. The number of aromatic nitrogens is 2. The van der Waals surface area contributed by atoms with Gasteiger partial charge in [0.2, 0.25) is 0 Å². The molecule has 0 amide bonds. The van der Waals surface area contributed by atoms with Crippen LogP contribution in [0, 0.1) is 5.92 Å². The van der Waals surface area contributed by atoms with Crippen molar-refractivity contribution in [1.82, 2.24) is 15.1 Å². The van der Waals surface area contributed by atoms with Crippen molar-refractivity contribution in [2.24, 2.45) is 5.92 Å². The van der Waals surface area contributed by atoms with E-state index < -0.39 is 0 Å². The summed E-state index contributed by atoms with van der Waals surface area (Å²) in [6.07, 6.45) is 4.83. The third kappa shape index (κ3) is 5.52. The van der Waals surface area contributed by atoms with Crippen LogP contribution in [0.15, 0.2) is 24.5 Å². The quantitative estimate of drug-likeness (QED) is 0.768. The van der Waals surface area contributed by atoms with Gasteiger partial charge in [-0.3, -0.25) is 4.68 Å². The molecule has 0 spiro atoms. The van der Waals surface area contributed by atoms with E-state index in [1.807, 2.05) is 10.9 Å². The molecule has 1 N–H and O–H groups in total. The third-order valence-corrected chi connectivity index (χ3v) is 4.07. The zero-order valence-corrected chi connectivity index (χ0v) is 13.9. The van der Waals surface area contributed by atoms with Crippen LogP contribution >= 0.6 is 11.3 Å². The third-order valence-electron chi connectivity index (χ3n) is 3.01. The Hall–Kier alpha value is -1.33. The van der Waals surface area contributed by atoms with Gasteiger partial charge < -0.3 is 10.1 Å². The highest BCUT2D eigenvalue weighted by atomic mass is 32.1. The van der Waals surface area contributed by atoms with E-state index in [4.69, 9.17) is 4.74 Å². The van der Waals surface area contributed by atoms with E-state index >= 15 is 0 Å². The summed E-state index contributed by atoms with van der Waals surface area (Å²) in [6, 6.07) is 4.32. The molecule has 21 heavy (non-hydrogen) atoms. The van der Waals surface area contributed by atoms with Crippen LogP contribution in [0.1, 0.15) is 36.9 Å². The Bertz CT molecular complexity index is 533. The van der Waals surface area contributed by atoms with E-state index in [1.165, 1.54) is 9.75 Å². The number of nitrogens with one attached hydrogen (secondary N) is 1. The molecule has 0 saturated carbocycles. The molecule has 0 aliphatic carbocycles. The fourth-order valence-electron chi connectivity index (χ4n) is 2.00. The number of aryl methyl sites for hydroxylation is 1. The summed E-state index contributed by atoms with van der Waals surface area (Å²) >= 11 is 1.81. The molecule has 0 atom stereocenters. The molecule has 5 heteroatoms. The molecule has 0 saturated heterocycles. The molecule has 0 radical (unpaired) electrons. The van der Waals surface area contributed by atoms with Crippen molar-refractivity contribution in [3.05, 3.63) is 34.3 Å². The average Bonchev–Trinajstić information content (AvgIpc) is 3.06. The zero-order chi connectivity index (χ0) is 15.1. The topological polar surface area (TPSA) is 39.1 Å². The SMILES string of the molecule is CCCn1cc(OCc2ccc(CNCC(C)C)s2)cn1. The average molecular weight is 307 g/mol. The van der Waals surface area contributed by atoms with Gasteiger partial charge in [-0.1, -0.05) is 20.8 Å². The van der Waals surface area contributed by atoms with E-state index in [9.17, 15) is 0 Å². The second-order valence-corrected chi connectivity index (χ2v) is 6.87. The Kier molecular flexibility index (Phi) is 6.26. The molecular formula is C16H25N3OS. The fourth-order valence-corrected chi connectivity index (χ4v) is 2.90. The Morgan fingerprint density at radius 2 is 2.14 bits per heavy atom. The van der Waals surface area contributed by atoms with Gasteiger partial charge >= 0.3 is 0 Å². The minimum Gasteiger partial charge on any atom is -0.485 e. The first-order valence-electron chi connectivity index (χ1n) is 7.61. The summed E-state index contributed by atoms with van der Waals surface area (Å²) in [4.78, 5) is 2.61. The molecule has 2 heterocycles. The molecule has 0 aliphatic heterocycles. The van der Waals surface area contributed by atoms with Crippen LogP contribution in [-0.4, -0.2) is 16.3 Å². The smallest absolute Gasteiger partial charge is 0.157 e. The van der Waals surface area contributed by atoms with Crippen molar-refractivity contribution in [3.8, 4) is 5.75 Å². The number of ether oxygens (including phenoxy) is 1. The summed E-state index contributed by atoms with van der Waals surface area (Å²) in [5.74, 6) is 1.53. The van der Waals surface area contributed by atoms with Gasteiger partial charge in [0.1, 0.15) is 6.61 Å². The lowest BCUT2D eigenvalue weighted by Crippen LogP contribution is -2.18. The summed E-state index contributed by atoms with van der Waals surface area (Å²) in [6.45, 7) is 10.1. The molecule has 0 unspecified atom stereocenters. The number of thiophene rings is 1. The van der Waals surface area contributed by atoms with Crippen molar-refractivity contribution in [2.45, 2.75) is 46.9 Å². The van der Waals surface area contributed by atoms with Gasteiger partial charge in [0.05, 0.1) is 12.4 Å². The maximum absolute atomic E-state index is 5.78. The Morgan fingerprint density at radius 3 is 2.90 bits per heavy atom. The number of nitrogens with zero attached hydrogens (tertiary/aromatic N) is 2. The molecule has 2 aromatic rings. The van der Waals surface area contributed by atoms with E-state index in [2.05, 4.69) is 43.3 Å². The first-order valence-corrected chi connectivity index (χ1v) is 8.42.